The summed E-state index contributed by atoms with van der Waals surface area (Å²) in [5.41, 5.74) is 8.55. The van der Waals surface area contributed by atoms with Crippen LogP contribution >= 0.6 is 0 Å². The molecule has 0 saturated carbocycles. The van der Waals surface area contributed by atoms with Gasteiger partial charge in [0, 0.05) is 47.4 Å². The van der Waals surface area contributed by atoms with E-state index in [1.807, 2.05) is 44.2 Å². The van der Waals surface area contributed by atoms with Gasteiger partial charge in [0.1, 0.15) is 11.5 Å². The molecule has 2 unspecified atom stereocenters. The van der Waals surface area contributed by atoms with Gasteiger partial charge in [-0.2, -0.15) is 9.97 Å². The van der Waals surface area contributed by atoms with Crippen molar-refractivity contribution in [1.29, 1.82) is 0 Å². The second-order valence-electron chi connectivity index (χ2n) is 13.9. The molecular formula is C43H42N8O6. The summed E-state index contributed by atoms with van der Waals surface area (Å²) in [6, 6.07) is 22.5. The number of aromatic nitrogens is 4. The first kappa shape index (κ1) is 38.8. The Morgan fingerprint density at radius 3 is 1.74 bits per heavy atom. The molecule has 14 heteroatoms. The van der Waals surface area contributed by atoms with Crippen LogP contribution in [0.25, 0.3) is 55.4 Å². The van der Waals surface area contributed by atoms with Gasteiger partial charge in [0.25, 0.3) is 11.8 Å². The van der Waals surface area contributed by atoms with E-state index in [0.717, 1.165) is 36.8 Å². The standard InChI is InChI=1S/C23H24N4O3.C20H18N4O3/c1-14(2)29-21-10-7-15(13-20(21)24-3)23-26-22(27-30-23)18-6-4-5-17-16(18)8-9-19(17)25-11-12-28;1-21-17-11-12(5-8-18(17)26)20-23-19(24-27-20)15-4-2-3-14-13(15)6-7-16(14)22-9-10-25/h4-7,10,13-14,19,25,28H,8-9,11-12H2,1-2H3;2-5,8,11,16,22,25-26H,6-7,9-10H2. The van der Waals surface area contributed by atoms with Crippen molar-refractivity contribution < 1.29 is 29.1 Å². The molecule has 2 atom stereocenters. The van der Waals surface area contributed by atoms with Gasteiger partial charge in [-0.15, -0.1) is 0 Å². The number of fused-ring (bicyclic) bond motifs is 2. The van der Waals surface area contributed by atoms with Crippen LogP contribution in [-0.2, 0) is 12.8 Å². The highest BCUT2D eigenvalue weighted by molar-refractivity contribution is 5.72. The van der Waals surface area contributed by atoms with Gasteiger partial charge < -0.3 is 39.7 Å². The van der Waals surface area contributed by atoms with Gasteiger partial charge in [0.2, 0.25) is 23.0 Å². The fraction of sp³-hybridized carbons (Fsp3) is 0.302. The number of benzene rings is 4. The molecule has 0 aliphatic heterocycles. The summed E-state index contributed by atoms with van der Waals surface area (Å²) in [5, 5.41) is 42.8. The number of phenols is 1. The van der Waals surface area contributed by atoms with Gasteiger partial charge in [0.05, 0.1) is 32.5 Å². The molecule has 2 aliphatic carbocycles. The van der Waals surface area contributed by atoms with Crippen LogP contribution in [0.2, 0.25) is 0 Å². The molecule has 0 bridgehead atoms. The first-order chi connectivity index (χ1) is 27.8. The van der Waals surface area contributed by atoms with Crippen molar-refractivity contribution in [2.24, 2.45) is 0 Å². The zero-order valence-corrected chi connectivity index (χ0v) is 31.6. The van der Waals surface area contributed by atoms with Crippen LogP contribution in [-0.4, -0.2) is 68.0 Å². The van der Waals surface area contributed by atoms with E-state index in [9.17, 15) is 5.11 Å². The van der Waals surface area contributed by atoms with Crippen molar-refractivity contribution in [3.63, 3.8) is 0 Å². The largest absolute Gasteiger partial charge is 0.519 e. The third-order valence-electron chi connectivity index (χ3n) is 9.91. The average Bonchev–Trinajstić information content (AvgIpc) is 4.06. The Morgan fingerprint density at radius 1 is 0.737 bits per heavy atom. The van der Waals surface area contributed by atoms with Gasteiger partial charge in [-0.05, 0) is 98.2 Å². The molecule has 0 saturated heterocycles. The lowest BCUT2D eigenvalue weighted by atomic mass is 10.0. The number of rotatable bonds is 12. The molecule has 0 spiro atoms. The van der Waals surface area contributed by atoms with Crippen LogP contribution in [0.3, 0.4) is 0 Å². The monoisotopic (exact) mass is 766 g/mol. The lowest BCUT2D eigenvalue weighted by molar-refractivity contribution is 0.244. The number of hydrogen-bond acceptors (Lipinski definition) is 12. The van der Waals surface area contributed by atoms with Crippen molar-refractivity contribution in [3.8, 4) is 57.2 Å². The maximum absolute atomic E-state index is 9.66. The van der Waals surface area contributed by atoms with E-state index >= 15 is 0 Å². The number of hydrogen-bond donors (Lipinski definition) is 5. The zero-order chi connectivity index (χ0) is 39.9. The second-order valence-corrected chi connectivity index (χ2v) is 13.9. The van der Waals surface area contributed by atoms with Crippen LogP contribution in [0.5, 0.6) is 11.5 Å². The Balaban J connectivity index is 0.000000175. The number of aliphatic hydroxyl groups is 2. The molecule has 4 aromatic carbocycles. The van der Waals surface area contributed by atoms with Crippen LogP contribution < -0.4 is 15.4 Å². The topological polar surface area (TPSA) is 181 Å². The summed E-state index contributed by atoms with van der Waals surface area (Å²) >= 11 is 0. The molecule has 0 fully saturated rings. The van der Waals surface area contributed by atoms with Crippen molar-refractivity contribution in [2.75, 3.05) is 26.3 Å². The van der Waals surface area contributed by atoms with Crippen LogP contribution in [0.1, 0.15) is 61.0 Å². The minimum absolute atomic E-state index is 0.0118. The lowest BCUT2D eigenvalue weighted by Gasteiger charge is -2.13. The molecule has 57 heavy (non-hydrogen) atoms. The van der Waals surface area contributed by atoms with E-state index in [1.54, 1.807) is 18.2 Å². The zero-order valence-electron chi connectivity index (χ0n) is 31.6. The average molecular weight is 767 g/mol. The Morgan fingerprint density at radius 2 is 1.25 bits per heavy atom. The third-order valence-corrected chi connectivity index (χ3v) is 9.91. The number of nitrogens with one attached hydrogen (secondary N) is 2. The number of nitrogens with zero attached hydrogens (tertiary/aromatic N) is 6. The normalized spacial score (nSPS) is 15.4. The molecule has 14 nitrogen and oxygen atoms in total. The van der Waals surface area contributed by atoms with Gasteiger partial charge in [-0.3, -0.25) is 0 Å². The first-order valence-corrected chi connectivity index (χ1v) is 18.8. The number of aromatic hydroxyl groups is 1. The number of ether oxygens (including phenoxy) is 1. The fourth-order valence-electron chi connectivity index (χ4n) is 7.37. The molecular weight excluding hydrogens is 725 g/mol. The van der Waals surface area contributed by atoms with E-state index in [1.165, 1.54) is 34.4 Å². The van der Waals surface area contributed by atoms with Crippen molar-refractivity contribution >= 4 is 11.4 Å². The maximum atomic E-state index is 9.66. The maximum Gasteiger partial charge on any atom is 0.256 e. The van der Waals surface area contributed by atoms with Gasteiger partial charge in [0.15, 0.2) is 0 Å². The molecule has 8 rings (SSSR count). The van der Waals surface area contributed by atoms with Crippen LogP contribution in [0.4, 0.5) is 11.4 Å². The molecule has 2 aliphatic rings. The quantitative estimate of drug-likeness (QED) is 0.0774. The van der Waals surface area contributed by atoms with Crippen LogP contribution in [0, 0.1) is 13.1 Å². The van der Waals surface area contributed by atoms with Crippen LogP contribution in [0.15, 0.2) is 81.8 Å². The summed E-state index contributed by atoms with van der Waals surface area (Å²) in [7, 11) is 0. The lowest BCUT2D eigenvalue weighted by Crippen LogP contribution is -2.22. The number of aliphatic hydroxyl groups excluding tert-OH is 2. The van der Waals surface area contributed by atoms with E-state index in [4.69, 9.17) is 37.1 Å². The SMILES string of the molecule is [C-]#[N+]c1cc(-c2nc(-c3cccc4c3CCC4NCCO)no2)ccc1O.[C-]#[N+]c1cc(-c2nc(-c3cccc4c3CCC4NCCO)no2)ccc1OC(C)C. The third kappa shape index (κ3) is 8.40. The highest BCUT2D eigenvalue weighted by Gasteiger charge is 2.28. The fourth-order valence-corrected chi connectivity index (χ4v) is 7.37. The molecule has 5 N–H and O–H groups in total. The predicted molar refractivity (Wildman–Crippen MR) is 213 cm³/mol. The predicted octanol–water partition coefficient (Wildman–Crippen LogP) is 7.54. The summed E-state index contributed by atoms with van der Waals surface area (Å²) < 4.78 is 16.6. The molecule has 290 valence electrons. The highest BCUT2D eigenvalue weighted by Crippen LogP contribution is 2.40. The van der Waals surface area contributed by atoms with Crippen molar-refractivity contribution in [3.05, 3.63) is 118 Å². The van der Waals surface area contributed by atoms with Gasteiger partial charge >= 0.3 is 0 Å². The number of phenolic OH excluding ortho intramolecular Hbond substituents is 1. The first-order valence-electron chi connectivity index (χ1n) is 18.8. The Hall–Kier alpha value is -6.42. The summed E-state index contributed by atoms with van der Waals surface area (Å²) in [6.07, 6.45) is 3.75. The summed E-state index contributed by atoms with van der Waals surface area (Å²) in [4.78, 5) is 15.9. The second kappa shape index (κ2) is 17.6. The molecule has 0 radical (unpaired) electrons. The molecule has 0 amide bonds. The van der Waals surface area contributed by atoms with E-state index < -0.39 is 0 Å². The molecule has 2 heterocycles. The molecule has 6 aromatic rings. The summed E-state index contributed by atoms with van der Waals surface area (Å²) in [6.45, 7) is 19.8. The van der Waals surface area contributed by atoms with Gasteiger partial charge in [-0.25, -0.2) is 9.69 Å². The highest BCUT2D eigenvalue weighted by atomic mass is 16.5. The Labute approximate surface area is 329 Å². The van der Waals surface area contributed by atoms with E-state index in [2.05, 4.69) is 52.7 Å². The Bertz CT molecular complexity index is 2440. The van der Waals surface area contributed by atoms with Gasteiger partial charge in [-0.1, -0.05) is 46.7 Å². The molecule has 2 aromatic heterocycles. The summed E-state index contributed by atoms with van der Waals surface area (Å²) in [5.74, 6) is 2.19. The van der Waals surface area contributed by atoms with Crippen molar-refractivity contribution in [1.82, 2.24) is 30.9 Å². The smallest absolute Gasteiger partial charge is 0.256 e. The van der Waals surface area contributed by atoms with E-state index in [0.29, 0.717) is 59.1 Å². The van der Waals surface area contributed by atoms with E-state index in [-0.39, 0.29) is 42.8 Å². The minimum Gasteiger partial charge on any atom is -0.519 e. The van der Waals surface area contributed by atoms with Crippen molar-refractivity contribution in [2.45, 2.75) is 57.7 Å². The Kier molecular flexibility index (Phi) is 12.0. The minimum atomic E-state index is -0.0733.